The van der Waals surface area contributed by atoms with Crippen LogP contribution in [0.2, 0.25) is 0 Å². The van der Waals surface area contributed by atoms with E-state index in [2.05, 4.69) is 44.3 Å². The van der Waals surface area contributed by atoms with Gasteiger partial charge in [-0.05, 0) is 75.0 Å². The molecule has 0 aromatic heterocycles. The molecule has 0 amide bonds. The molecule has 0 saturated heterocycles. The predicted octanol–water partition coefficient (Wildman–Crippen LogP) is 4.64. The number of benzene rings is 2. The minimum absolute atomic E-state index is 0.159. The van der Waals surface area contributed by atoms with Gasteiger partial charge < -0.3 is 5.32 Å². The highest BCUT2D eigenvalue weighted by atomic mass is 19.1. The van der Waals surface area contributed by atoms with Crippen LogP contribution in [0.3, 0.4) is 0 Å². The van der Waals surface area contributed by atoms with E-state index in [0.29, 0.717) is 6.04 Å². The molecule has 2 heteroatoms. The van der Waals surface area contributed by atoms with Crippen molar-refractivity contribution >= 4 is 0 Å². The number of nitrogens with one attached hydrogen (secondary N) is 1. The van der Waals surface area contributed by atoms with Gasteiger partial charge in [0.05, 0.1) is 0 Å². The maximum absolute atomic E-state index is 13.1. The second-order valence-corrected chi connectivity index (χ2v) is 5.86. The molecule has 1 nitrogen and oxygen atoms in total. The lowest BCUT2D eigenvalue weighted by Gasteiger charge is -2.17. The van der Waals surface area contributed by atoms with E-state index in [1.807, 2.05) is 13.0 Å². The SMILES string of the molecule is Cc1ccc(C)c(C(C)NCCc2ccc(F)cc2C)c1. The average Bonchev–Trinajstić information content (AvgIpc) is 2.43. The Morgan fingerprint density at radius 3 is 2.48 bits per heavy atom. The standard InChI is InChI=1S/C19H24FN/c1-13-5-6-14(2)19(11-13)16(4)21-10-9-17-7-8-18(20)12-15(17)3/h5-8,11-12,16,21H,9-10H2,1-4H3. The summed E-state index contributed by atoms with van der Waals surface area (Å²) < 4.78 is 13.1. The summed E-state index contributed by atoms with van der Waals surface area (Å²) >= 11 is 0. The maximum Gasteiger partial charge on any atom is 0.123 e. The van der Waals surface area contributed by atoms with Crippen molar-refractivity contribution in [1.82, 2.24) is 5.32 Å². The van der Waals surface area contributed by atoms with E-state index in [1.54, 1.807) is 6.07 Å². The van der Waals surface area contributed by atoms with Crippen LogP contribution in [0, 0.1) is 26.6 Å². The Morgan fingerprint density at radius 1 is 1.00 bits per heavy atom. The molecule has 0 aliphatic rings. The third kappa shape index (κ3) is 4.15. The van der Waals surface area contributed by atoms with Crippen LogP contribution in [0.1, 0.15) is 40.8 Å². The molecule has 1 atom stereocenters. The maximum atomic E-state index is 13.1. The molecule has 1 unspecified atom stereocenters. The van der Waals surface area contributed by atoms with E-state index in [-0.39, 0.29) is 5.82 Å². The zero-order chi connectivity index (χ0) is 15.4. The van der Waals surface area contributed by atoms with Crippen LogP contribution in [-0.2, 0) is 6.42 Å². The zero-order valence-corrected chi connectivity index (χ0v) is 13.3. The Balaban J connectivity index is 1.95. The van der Waals surface area contributed by atoms with Crippen LogP contribution in [0.5, 0.6) is 0 Å². The van der Waals surface area contributed by atoms with E-state index in [4.69, 9.17) is 0 Å². The molecule has 2 aromatic rings. The first-order chi connectivity index (χ1) is 9.97. The van der Waals surface area contributed by atoms with Crippen molar-refractivity contribution in [3.05, 3.63) is 70.0 Å². The molecule has 2 aromatic carbocycles. The number of aryl methyl sites for hydroxylation is 3. The Labute approximate surface area is 127 Å². The minimum Gasteiger partial charge on any atom is -0.310 e. The summed E-state index contributed by atoms with van der Waals surface area (Å²) in [6.45, 7) is 9.32. The van der Waals surface area contributed by atoms with Crippen molar-refractivity contribution in [3.63, 3.8) is 0 Å². The number of rotatable bonds is 5. The van der Waals surface area contributed by atoms with Crippen LogP contribution < -0.4 is 5.32 Å². The van der Waals surface area contributed by atoms with E-state index in [0.717, 1.165) is 18.5 Å². The van der Waals surface area contributed by atoms with E-state index >= 15 is 0 Å². The Bertz CT molecular complexity index is 619. The van der Waals surface area contributed by atoms with Crippen molar-refractivity contribution in [1.29, 1.82) is 0 Å². The molecule has 0 heterocycles. The topological polar surface area (TPSA) is 12.0 Å². The van der Waals surface area contributed by atoms with Gasteiger partial charge in [0.1, 0.15) is 5.82 Å². The van der Waals surface area contributed by atoms with Crippen molar-refractivity contribution in [2.75, 3.05) is 6.54 Å². The highest BCUT2D eigenvalue weighted by Crippen LogP contribution is 2.19. The van der Waals surface area contributed by atoms with Crippen molar-refractivity contribution in [2.45, 2.75) is 40.2 Å². The highest BCUT2D eigenvalue weighted by Gasteiger charge is 2.08. The molecule has 2 rings (SSSR count). The Hall–Kier alpha value is -1.67. The van der Waals surface area contributed by atoms with Crippen LogP contribution in [0.15, 0.2) is 36.4 Å². The van der Waals surface area contributed by atoms with Gasteiger partial charge in [-0.3, -0.25) is 0 Å². The smallest absolute Gasteiger partial charge is 0.123 e. The van der Waals surface area contributed by atoms with Gasteiger partial charge in [-0.2, -0.15) is 0 Å². The van der Waals surface area contributed by atoms with E-state index in [9.17, 15) is 4.39 Å². The van der Waals surface area contributed by atoms with Gasteiger partial charge in [-0.25, -0.2) is 4.39 Å². The quantitative estimate of drug-likeness (QED) is 0.843. The van der Waals surface area contributed by atoms with Crippen LogP contribution in [0.4, 0.5) is 4.39 Å². The lowest BCUT2D eigenvalue weighted by molar-refractivity contribution is 0.572. The van der Waals surface area contributed by atoms with Gasteiger partial charge in [0.15, 0.2) is 0 Å². The number of hydrogen-bond donors (Lipinski definition) is 1. The van der Waals surface area contributed by atoms with Crippen LogP contribution >= 0.6 is 0 Å². The molecular weight excluding hydrogens is 261 g/mol. The fourth-order valence-corrected chi connectivity index (χ4v) is 2.70. The fraction of sp³-hybridized carbons (Fsp3) is 0.368. The Morgan fingerprint density at radius 2 is 1.76 bits per heavy atom. The summed E-state index contributed by atoms with van der Waals surface area (Å²) in [7, 11) is 0. The average molecular weight is 285 g/mol. The summed E-state index contributed by atoms with van der Waals surface area (Å²) in [4.78, 5) is 0. The molecule has 0 saturated carbocycles. The first-order valence-corrected chi connectivity index (χ1v) is 7.53. The first kappa shape index (κ1) is 15.7. The van der Waals surface area contributed by atoms with Gasteiger partial charge in [0.2, 0.25) is 0 Å². The van der Waals surface area contributed by atoms with Crippen molar-refractivity contribution in [3.8, 4) is 0 Å². The molecule has 21 heavy (non-hydrogen) atoms. The second-order valence-electron chi connectivity index (χ2n) is 5.86. The third-order valence-electron chi connectivity index (χ3n) is 4.05. The van der Waals surface area contributed by atoms with Crippen molar-refractivity contribution < 1.29 is 4.39 Å². The summed E-state index contributed by atoms with van der Waals surface area (Å²) in [6, 6.07) is 11.9. The first-order valence-electron chi connectivity index (χ1n) is 7.53. The summed E-state index contributed by atoms with van der Waals surface area (Å²) in [5.74, 6) is -0.159. The minimum atomic E-state index is -0.159. The second kappa shape index (κ2) is 6.86. The predicted molar refractivity (Wildman–Crippen MR) is 87.2 cm³/mol. The summed E-state index contributed by atoms with van der Waals surface area (Å²) in [5.41, 5.74) is 6.19. The lowest BCUT2D eigenvalue weighted by Crippen LogP contribution is -2.22. The molecule has 0 spiro atoms. The van der Waals surface area contributed by atoms with Crippen molar-refractivity contribution in [2.24, 2.45) is 0 Å². The highest BCUT2D eigenvalue weighted by molar-refractivity contribution is 5.32. The van der Waals surface area contributed by atoms with E-state index in [1.165, 1.54) is 28.3 Å². The summed E-state index contributed by atoms with van der Waals surface area (Å²) in [6.07, 6.45) is 0.918. The molecule has 0 bridgehead atoms. The van der Waals surface area contributed by atoms with Gasteiger partial charge in [-0.15, -0.1) is 0 Å². The van der Waals surface area contributed by atoms with Gasteiger partial charge in [-0.1, -0.05) is 29.8 Å². The van der Waals surface area contributed by atoms with Crippen LogP contribution in [-0.4, -0.2) is 6.54 Å². The molecule has 0 aliphatic carbocycles. The lowest BCUT2D eigenvalue weighted by atomic mass is 9.99. The molecule has 0 fully saturated rings. The Kier molecular flexibility index (Phi) is 5.13. The van der Waals surface area contributed by atoms with Gasteiger partial charge in [0, 0.05) is 6.04 Å². The monoisotopic (exact) mass is 285 g/mol. The molecular formula is C19H24FN. The molecule has 0 aliphatic heterocycles. The molecule has 1 N–H and O–H groups in total. The van der Waals surface area contributed by atoms with Gasteiger partial charge >= 0.3 is 0 Å². The van der Waals surface area contributed by atoms with Gasteiger partial charge in [0.25, 0.3) is 0 Å². The molecule has 112 valence electrons. The third-order valence-corrected chi connectivity index (χ3v) is 4.05. The van der Waals surface area contributed by atoms with Crippen LogP contribution in [0.25, 0.3) is 0 Å². The largest absolute Gasteiger partial charge is 0.310 e. The summed E-state index contributed by atoms with van der Waals surface area (Å²) in [5, 5.41) is 3.56. The van der Waals surface area contributed by atoms with E-state index < -0.39 is 0 Å². The normalized spacial score (nSPS) is 12.4. The number of hydrogen-bond acceptors (Lipinski definition) is 1. The molecule has 0 radical (unpaired) electrons. The zero-order valence-electron chi connectivity index (χ0n) is 13.3. The number of halogens is 1. The fourth-order valence-electron chi connectivity index (χ4n) is 2.70.